The van der Waals surface area contributed by atoms with Gasteiger partial charge in [0.15, 0.2) is 0 Å². The van der Waals surface area contributed by atoms with E-state index in [9.17, 15) is 0 Å². The monoisotopic (exact) mass is 570 g/mol. The summed E-state index contributed by atoms with van der Waals surface area (Å²) < 4.78 is 2.53. The van der Waals surface area contributed by atoms with E-state index in [0.29, 0.717) is 0 Å². The maximum Gasteiger partial charge on any atom is 0.0468 e. The third kappa shape index (κ3) is 5.12. The van der Waals surface area contributed by atoms with Crippen molar-refractivity contribution >= 4 is 77.8 Å². The van der Waals surface area contributed by atoms with E-state index >= 15 is 0 Å². The minimum atomic E-state index is 1.09. The fourth-order valence-electron chi connectivity index (χ4n) is 5.66. The van der Waals surface area contributed by atoms with Gasteiger partial charge in [-0.2, -0.15) is 0 Å². The van der Waals surface area contributed by atoms with Gasteiger partial charge in [0.1, 0.15) is 0 Å². The molecule has 0 N–H and O–H groups in total. The van der Waals surface area contributed by atoms with Gasteiger partial charge in [0, 0.05) is 54.3 Å². The summed E-state index contributed by atoms with van der Waals surface area (Å²) in [6.07, 6.45) is 3.79. The van der Waals surface area contributed by atoms with Crippen LogP contribution in [0.25, 0.3) is 32.3 Å². The third-order valence-corrected chi connectivity index (χ3v) is 8.86. The van der Waals surface area contributed by atoms with Gasteiger partial charge in [-0.25, -0.2) is 0 Å². The number of anilines is 6. The summed E-state index contributed by atoms with van der Waals surface area (Å²) in [5.41, 5.74) is 8.83. The summed E-state index contributed by atoms with van der Waals surface area (Å²) in [5, 5.41) is 2.49. The average molecular weight is 571 g/mol. The normalized spacial score (nSPS) is 11.0. The molecule has 3 heteroatoms. The van der Waals surface area contributed by atoms with Crippen LogP contribution < -0.4 is 9.80 Å². The number of nitrogens with zero attached hydrogens (tertiary/aromatic N) is 2. The van der Waals surface area contributed by atoms with Crippen LogP contribution in [0.1, 0.15) is 11.1 Å². The average Bonchev–Trinajstić information content (AvgIpc) is 3.44. The molecule has 0 aliphatic carbocycles. The van der Waals surface area contributed by atoms with E-state index in [1.165, 1.54) is 20.2 Å². The van der Waals surface area contributed by atoms with E-state index in [1.807, 2.05) is 23.5 Å². The molecule has 206 valence electrons. The Balaban J connectivity index is 1.41. The lowest BCUT2D eigenvalue weighted by Crippen LogP contribution is -2.10. The van der Waals surface area contributed by atoms with Crippen LogP contribution in [0.5, 0.6) is 0 Å². The van der Waals surface area contributed by atoms with E-state index in [0.717, 1.165) is 45.3 Å². The van der Waals surface area contributed by atoms with Crippen molar-refractivity contribution in [3.8, 4) is 0 Å². The van der Waals surface area contributed by atoms with Crippen LogP contribution in [-0.2, 0) is 0 Å². The predicted molar refractivity (Wildman–Crippen MR) is 189 cm³/mol. The molecule has 0 spiro atoms. The van der Waals surface area contributed by atoms with Gasteiger partial charge in [-0.05, 0) is 96.1 Å². The first kappa shape index (κ1) is 26.5. The molecule has 1 heterocycles. The second-order valence-corrected chi connectivity index (χ2v) is 11.5. The van der Waals surface area contributed by atoms with E-state index in [2.05, 4.69) is 169 Å². The highest BCUT2D eigenvalue weighted by molar-refractivity contribution is 7.25. The van der Waals surface area contributed by atoms with Crippen molar-refractivity contribution < 1.29 is 0 Å². The molecule has 6 aromatic carbocycles. The Kier molecular flexibility index (Phi) is 7.08. The summed E-state index contributed by atoms with van der Waals surface area (Å²) in [7, 11) is 0. The molecule has 0 radical (unpaired) electrons. The summed E-state index contributed by atoms with van der Waals surface area (Å²) in [5.74, 6) is 0. The smallest absolute Gasteiger partial charge is 0.0468 e. The van der Waals surface area contributed by atoms with Gasteiger partial charge in [-0.1, -0.05) is 86.0 Å². The van der Waals surface area contributed by atoms with Gasteiger partial charge in [-0.3, -0.25) is 0 Å². The van der Waals surface area contributed by atoms with E-state index in [4.69, 9.17) is 0 Å². The first-order valence-electron chi connectivity index (χ1n) is 14.3. The van der Waals surface area contributed by atoms with E-state index < -0.39 is 0 Å². The number of hydrogen-bond donors (Lipinski definition) is 0. The Labute approximate surface area is 256 Å². The van der Waals surface area contributed by atoms with Gasteiger partial charge < -0.3 is 9.80 Å². The Morgan fingerprint density at radius 1 is 0.395 bits per heavy atom. The lowest BCUT2D eigenvalue weighted by molar-refractivity contribution is 1.29. The molecule has 0 saturated carbocycles. The molecule has 1 aromatic heterocycles. The number of hydrogen-bond acceptors (Lipinski definition) is 3. The Bertz CT molecular complexity index is 1930. The summed E-state index contributed by atoms with van der Waals surface area (Å²) in [6, 6.07) is 51.7. The molecule has 7 aromatic rings. The van der Waals surface area contributed by atoms with Crippen LogP contribution >= 0.6 is 11.3 Å². The molecule has 0 unspecified atom stereocenters. The van der Waals surface area contributed by atoms with E-state index in [-0.39, 0.29) is 0 Å². The van der Waals surface area contributed by atoms with Crippen LogP contribution in [-0.4, -0.2) is 0 Å². The standard InChI is InChI=1S/C40H30N2S/c1-3-29-13-11-19-33(25-29)41(31-15-7-5-8-16-31)35-21-23-39-37(27-35)38-28-36(22-24-40(38)43-39)42(32-17-9-6-10-18-32)34-20-12-14-30(4-2)26-34/h3-28H,1-2H2. The summed E-state index contributed by atoms with van der Waals surface area (Å²) in [6.45, 7) is 7.99. The second kappa shape index (κ2) is 11.5. The lowest BCUT2D eigenvalue weighted by Gasteiger charge is -2.26. The van der Waals surface area contributed by atoms with Gasteiger partial charge in [0.2, 0.25) is 0 Å². The van der Waals surface area contributed by atoms with Crippen LogP contribution in [0.2, 0.25) is 0 Å². The zero-order valence-corrected chi connectivity index (χ0v) is 24.5. The maximum absolute atomic E-state index is 3.99. The van der Waals surface area contributed by atoms with Gasteiger partial charge >= 0.3 is 0 Å². The number of fused-ring (bicyclic) bond motifs is 3. The van der Waals surface area contributed by atoms with Crippen molar-refractivity contribution in [1.82, 2.24) is 0 Å². The molecule has 0 aliphatic rings. The van der Waals surface area contributed by atoms with Crippen molar-refractivity contribution in [1.29, 1.82) is 0 Å². The predicted octanol–water partition coefficient (Wildman–Crippen LogP) is 12.3. The van der Waals surface area contributed by atoms with Crippen LogP contribution in [0.15, 0.2) is 159 Å². The number of thiophene rings is 1. The third-order valence-electron chi connectivity index (χ3n) is 7.71. The fraction of sp³-hybridized carbons (Fsp3) is 0. The van der Waals surface area contributed by atoms with Crippen LogP contribution in [0.3, 0.4) is 0 Å². The van der Waals surface area contributed by atoms with Gasteiger partial charge in [0.25, 0.3) is 0 Å². The lowest BCUT2D eigenvalue weighted by atomic mass is 10.1. The molecule has 7 rings (SSSR count). The van der Waals surface area contributed by atoms with Gasteiger partial charge in [-0.15, -0.1) is 11.3 Å². The number of benzene rings is 6. The zero-order chi connectivity index (χ0) is 29.2. The SMILES string of the molecule is C=Cc1cccc(N(c2ccccc2)c2ccc3sc4ccc(N(c5ccccc5)c5cccc(C=C)c5)cc4c3c2)c1. The van der Waals surface area contributed by atoms with Crippen molar-refractivity contribution in [3.05, 3.63) is 170 Å². The van der Waals surface area contributed by atoms with E-state index in [1.54, 1.807) is 0 Å². The van der Waals surface area contributed by atoms with Crippen molar-refractivity contribution in [2.45, 2.75) is 0 Å². The number of para-hydroxylation sites is 2. The fourth-order valence-corrected chi connectivity index (χ4v) is 6.73. The molecular weight excluding hydrogens is 541 g/mol. The van der Waals surface area contributed by atoms with Crippen molar-refractivity contribution in [2.24, 2.45) is 0 Å². The summed E-state index contributed by atoms with van der Waals surface area (Å²) in [4.78, 5) is 4.63. The molecular formula is C40H30N2S. The molecule has 0 amide bonds. The second-order valence-electron chi connectivity index (χ2n) is 10.4. The topological polar surface area (TPSA) is 6.48 Å². The van der Waals surface area contributed by atoms with Crippen molar-refractivity contribution in [2.75, 3.05) is 9.80 Å². The molecule has 0 bridgehead atoms. The van der Waals surface area contributed by atoms with Crippen molar-refractivity contribution in [3.63, 3.8) is 0 Å². The van der Waals surface area contributed by atoms with Crippen LogP contribution in [0, 0.1) is 0 Å². The quantitative estimate of drug-likeness (QED) is 0.179. The minimum absolute atomic E-state index is 1.09. The number of rotatable bonds is 8. The first-order chi connectivity index (χ1) is 21.2. The summed E-state index contributed by atoms with van der Waals surface area (Å²) >= 11 is 1.83. The molecule has 0 saturated heterocycles. The Morgan fingerprint density at radius 2 is 0.791 bits per heavy atom. The first-order valence-corrected chi connectivity index (χ1v) is 15.2. The maximum atomic E-state index is 3.99. The highest BCUT2D eigenvalue weighted by Crippen LogP contribution is 2.43. The zero-order valence-electron chi connectivity index (χ0n) is 23.7. The highest BCUT2D eigenvalue weighted by Gasteiger charge is 2.17. The molecule has 43 heavy (non-hydrogen) atoms. The van der Waals surface area contributed by atoms with Crippen LogP contribution in [0.4, 0.5) is 34.1 Å². The Hall–Kier alpha value is -5.38. The largest absolute Gasteiger partial charge is 0.310 e. The molecule has 0 fully saturated rings. The molecule has 0 atom stereocenters. The molecule has 0 aliphatic heterocycles. The Morgan fingerprint density at radius 3 is 1.21 bits per heavy atom. The minimum Gasteiger partial charge on any atom is -0.310 e. The highest BCUT2D eigenvalue weighted by atomic mass is 32.1. The van der Waals surface area contributed by atoms with Gasteiger partial charge in [0.05, 0.1) is 0 Å². The molecule has 2 nitrogen and oxygen atoms in total.